The maximum Gasteiger partial charge on any atom is 0.242 e. The maximum absolute atomic E-state index is 12.4. The first-order valence-electron chi connectivity index (χ1n) is 7.16. The number of rotatable bonds is 1. The number of hydrogen-bond acceptors (Lipinski definition) is 1. The van der Waals surface area contributed by atoms with Crippen LogP contribution in [-0.4, -0.2) is 17.3 Å². The van der Waals surface area contributed by atoms with Gasteiger partial charge in [0, 0.05) is 11.2 Å². The summed E-state index contributed by atoms with van der Waals surface area (Å²) in [6.07, 6.45) is 5.76. The van der Waals surface area contributed by atoms with Crippen LogP contribution in [0.3, 0.4) is 0 Å². The molecule has 3 heteroatoms. The number of para-hydroxylation sites is 1. The van der Waals surface area contributed by atoms with Gasteiger partial charge in [0.25, 0.3) is 0 Å². The minimum absolute atomic E-state index is 0.0275. The molecule has 1 unspecified atom stereocenters. The molecular weight excluding hydrogens is 258 g/mol. The van der Waals surface area contributed by atoms with E-state index >= 15 is 0 Å². The highest BCUT2D eigenvalue weighted by Crippen LogP contribution is 2.50. The minimum atomic E-state index is 0.0275. The lowest BCUT2D eigenvalue weighted by Gasteiger charge is -2.48. The lowest BCUT2D eigenvalue weighted by molar-refractivity contribution is -0.117. The van der Waals surface area contributed by atoms with Crippen LogP contribution < -0.4 is 4.90 Å². The molecule has 1 atom stereocenters. The molecule has 0 saturated heterocycles. The van der Waals surface area contributed by atoms with Crippen LogP contribution in [0.25, 0.3) is 0 Å². The van der Waals surface area contributed by atoms with E-state index in [9.17, 15) is 4.79 Å². The number of alkyl halides is 1. The molecule has 1 heterocycles. The first-order chi connectivity index (χ1) is 9.18. The highest BCUT2D eigenvalue weighted by atomic mass is 35.5. The molecule has 0 radical (unpaired) electrons. The van der Waals surface area contributed by atoms with E-state index in [0.29, 0.717) is 5.92 Å². The van der Waals surface area contributed by atoms with Gasteiger partial charge in [0.15, 0.2) is 0 Å². The SMILES string of the molecule is CC1CC2(CCCC2)N(C(=O)CCl)c2ccccc21. The fourth-order valence-corrected chi connectivity index (χ4v) is 4.17. The fraction of sp³-hybridized carbons (Fsp3) is 0.562. The summed E-state index contributed by atoms with van der Waals surface area (Å²) in [6.45, 7) is 2.28. The van der Waals surface area contributed by atoms with E-state index in [2.05, 4.69) is 25.1 Å². The minimum Gasteiger partial charge on any atom is -0.305 e. The number of carbonyl (C=O) groups excluding carboxylic acids is 1. The Hall–Kier alpha value is -1.02. The van der Waals surface area contributed by atoms with Crippen molar-refractivity contribution >= 4 is 23.2 Å². The summed E-state index contributed by atoms with van der Waals surface area (Å²) in [4.78, 5) is 14.4. The third-order valence-electron chi connectivity index (χ3n) is 4.77. The number of amides is 1. The summed E-state index contributed by atoms with van der Waals surface area (Å²) >= 11 is 5.86. The van der Waals surface area contributed by atoms with Crippen LogP contribution in [0.4, 0.5) is 5.69 Å². The van der Waals surface area contributed by atoms with E-state index < -0.39 is 0 Å². The molecule has 3 rings (SSSR count). The first-order valence-corrected chi connectivity index (χ1v) is 7.69. The van der Waals surface area contributed by atoms with Crippen LogP contribution in [0, 0.1) is 0 Å². The molecule has 1 fully saturated rings. The molecule has 1 aromatic carbocycles. The van der Waals surface area contributed by atoms with E-state index in [0.717, 1.165) is 24.9 Å². The zero-order valence-electron chi connectivity index (χ0n) is 11.4. The van der Waals surface area contributed by atoms with Crippen LogP contribution in [0.1, 0.15) is 50.5 Å². The summed E-state index contributed by atoms with van der Waals surface area (Å²) in [6, 6.07) is 8.31. The van der Waals surface area contributed by atoms with Gasteiger partial charge in [0.05, 0.1) is 0 Å². The summed E-state index contributed by atoms with van der Waals surface area (Å²) < 4.78 is 0. The fourth-order valence-electron chi connectivity index (χ4n) is 4.05. The average Bonchev–Trinajstić information content (AvgIpc) is 2.87. The van der Waals surface area contributed by atoms with E-state index in [1.165, 1.54) is 18.4 Å². The number of fused-ring (bicyclic) bond motifs is 1. The highest BCUT2D eigenvalue weighted by molar-refractivity contribution is 6.29. The summed E-state index contributed by atoms with van der Waals surface area (Å²) in [7, 11) is 0. The quantitative estimate of drug-likeness (QED) is 0.709. The lowest BCUT2D eigenvalue weighted by Crippen LogP contribution is -2.54. The van der Waals surface area contributed by atoms with E-state index in [1.54, 1.807) is 0 Å². The molecule has 2 aliphatic rings. The van der Waals surface area contributed by atoms with Crippen LogP contribution in [0.15, 0.2) is 24.3 Å². The van der Waals surface area contributed by atoms with Gasteiger partial charge < -0.3 is 4.90 Å². The number of nitrogens with zero attached hydrogens (tertiary/aromatic N) is 1. The third-order valence-corrected chi connectivity index (χ3v) is 5.00. The predicted molar refractivity (Wildman–Crippen MR) is 78.9 cm³/mol. The number of halogens is 1. The summed E-state index contributed by atoms with van der Waals surface area (Å²) in [5.41, 5.74) is 2.41. The van der Waals surface area contributed by atoms with E-state index in [1.807, 2.05) is 11.0 Å². The second-order valence-electron chi connectivity index (χ2n) is 5.96. The lowest BCUT2D eigenvalue weighted by atomic mass is 9.77. The molecule has 1 spiro atoms. The summed E-state index contributed by atoms with van der Waals surface area (Å²) in [5.74, 6) is 0.654. The largest absolute Gasteiger partial charge is 0.305 e. The standard InChI is InChI=1S/C16H20ClNO/c1-12-10-16(8-4-5-9-16)18(15(19)11-17)14-7-3-2-6-13(12)14/h2-3,6-7,12H,4-5,8-11H2,1H3. The average molecular weight is 278 g/mol. The first kappa shape index (κ1) is 13.0. The van der Waals surface area contributed by atoms with Crippen molar-refractivity contribution in [1.82, 2.24) is 0 Å². The number of hydrogen-bond donors (Lipinski definition) is 0. The van der Waals surface area contributed by atoms with Gasteiger partial charge in [-0.1, -0.05) is 38.0 Å². The second-order valence-corrected chi connectivity index (χ2v) is 6.23. The zero-order valence-corrected chi connectivity index (χ0v) is 12.1. The number of benzene rings is 1. The van der Waals surface area contributed by atoms with Gasteiger partial charge in [0.1, 0.15) is 5.88 Å². The Morgan fingerprint density at radius 1 is 1.37 bits per heavy atom. The van der Waals surface area contributed by atoms with Crippen molar-refractivity contribution in [3.63, 3.8) is 0 Å². The molecular formula is C16H20ClNO. The number of carbonyl (C=O) groups is 1. The monoisotopic (exact) mass is 277 g/mol. The van der Waals surface area contributed by atoms with Crippen molar-refractivity contribution in [3.8, 4) is 0 Å². The van der Waals surface area contributed by atoms with Crippen LogP contribution >= 0.6 is 11.6 Å². The molecule has 102 valence electrons. The Balaban J connectivity index is 2.12. The zero-order chi connectivity index (χ0) is 13.5. The van der Waals surface area contributed by atoms with Crippen molar-refractivity contribution in [2.24, 2.45) is 0 Å². The molecule has 2 nitrogen and oxygen atoms in total. The Kier molecular flexibility index (Phi) is 3.30. The molecule has 1 aliphatic heterocycles. The van der Waals surface area contributed by atoms with Gasteiger partial charge in [0.2, 0.25) is 5.91 Å². The molecule has 1 amide bonds. The Labute approximate surface area is 119 Å². The highest BCUT2D eigenvalue weighted by Gasteiger charge is 2.47. The van der Waals surface area contributed by atoms with Gasteiger partial charge in [-0.25, -0.2) is 0 Å². The van der Waals surface area contributed by atoms with Crippen molar-refractivity contribution in [3.05, 3.63) is 29.8 Å². The second kappa shape index (κ2) is 4.82. The molecule has 0 aromatic heterocycles. The molecule has 1 aromatic rings. The normalized spacial score (nSPS) is 24.5. The molecule has 1 saturated carbocycles. The third kappa shape index (κ3) is 1.97. The molecule has 19 heavy (non-hydrogen) atoms. The number of anilines is 1. The molecule has 0 bridgehead atoms. The Morgan fingerprint density at radius 2 is 2.05 bits per heavy atom. The van der Waals surface area contributed by atoms with Crippen LogP contribution in [0.5, 0.6) is 0 Å². The van der Waals surface area contributed by atoms with Crippen LogP contribution in [0.2, 0.25) is 0 Å². The maximum atomic E-state index is 12.4. The molecule has 1 aliphatic carbocycles. The smallest absolute Gasteiger partial charge is 0.242 e. The van der Waals surface area contributed by atoms with Gasteiger partial charge in [-0.05, 0) is 36.8 Å². The topological polar surface area (TPSA) is 20.3 Å². The Bertz CT molecular complexity index is 493. The van der Waals surface area contributed by atoms with Crippen molar-refractivity contribution in [2.75, 3.05) is 10.8 Å². The van der Waals surface area contributed by atoms with Gasteiger partial charge >= 0.3 is 0 Å². The summed E-state index contributed by atoms with van der Waals surface area (Å²) in [5, 5.41) is 0. The van der Waals surface area contributed by atoms with Crippen molar-refractivity contribution in [1.29, 1.82) is 0 Å². The van der Waals surface area contributed by atoms with Crippen molar-refractivity contribution < 1.29 is 4.79 Å². The van der Waals surface area contributed by atoms with Crippen LogP contribution in [-0.2, 0) is 4.79 Å². The molecule has 0 N–H and O–H groups in total. The van der Waals surface area contributed by atoms with E-state index in [4.69, 9.17) is 11.6 Å². The van der Waals surface area contributed by atoms with Gasteiger partial charge in [-0.15, -0.1) is 11.6 Å². The van der Waals surface area contributed by atoms with Gasteiger partial charge in [-0.2, -0.15) is 0 Å². The Morgan fingerprint density at radius 3 is 2.74 bits per heavy atom. The van der Waals surface area contributed by atoms with Gasteiger partial charge in [-0.3, -0.25) is 4.79 Å². The van der Waals surface area contributed by atoms with Crippen molar-refractivity contribution in [2.45, 2.75) is 50.5 Å². The van der Waals surface area contributed by atoms with E-state index in [-0.39, 0.29) is 17.3 Å². The predicted octanol–water partition coefficient (Wildman–Crippen LogP) is 4.08.